The maximum absolute atomic E-state index is 13.4. The first-order chi connectivity index (χ1) is 15.4. The number of nitrogens with one attached hydrogen (secondary N) is 1. The normalized spacial score (nSPS) is 15.1. The predicted molar refractivity (Wildman–Crippen MR) is 123 cm³/mol. The zero-order valence-electron chi connectivity index (χ0n) is 18.9. The van der Waals surface area contributed by atoms with Crippen LogP contribution in [0.4, 0.5) is 4.39 Å². The Hall–Kier alpha value is -3.06. The minimum absolute atomic E-state index is 0.113. The number of piperidine rings is 1. The molecule has 0 bridgehead atoms. The fraction of sp³-hybridized carbons (Fsp3) is 0.400. The quantitative estimate of drug-likeness (QED) is 0.633. The molecule has 2 aromatic heterocycles. The standard InChI is InChI=1S/C25H30FN5O/c1-4-31-18(3)23(17(2)29-31)16-30-12-10-22(11-13-30)28-25(32)20-8-9-24(27-15-20)19-6-5-7-21(26)14-19/h5-9,14-15,22H,4,10-13,16H2,1-3H3,(H,28,32). The summed E-state index contributed by atoms with van der Waals surface area (Å²) in [6.07, 6.45) is 3.39. The number of rotatable bonds is 6. The first kappa shape index (κ1) is 22.1. The Kier molecular flexibility index (Phi) is 6.65. The van der Waals surface area contributed by atoms with Gasteiger partial charge in [-0.2, -0.15) is 5.10 Å². The molecule has 1 aliphatic rings. The van der Waals surface area contributed by atoms with Crippen molar-refractivity contribution in [3.63, 3.8) is 0 Å². The molecule has 0 radical (unpaired) electrons. The lowest BCUT2D eigenvalue weighted by atomic mass is 10.0. The summed E-state index contributed by atoms with van der Waals surface area (Å²) in [6.45, 7) is 10.0. The number of aromatic nitrogens is 3. The molecule has 0 atom stereocenters. The molecule has 1 fully saturated rings. The summed E-state index contributed by atoms with van der Waals surface area (Å²) < 4.78 is 15.5. The van der Waals surface area contributed by atoms with Gasteiger partial charge in [0.25, 0.3) is 5.91 Å². The lowest BCUT2D eigenvalue weighted by Gasteiger charge is -2.32. The van der Waals surface area contributed by atoms with Crippen LogP contribution in [0.3, 0.4) is 0 Å². The summed E-state index contributed by atoms with van der Waals surface area (Å²) in [5, 5.41) is 7.76. The van der Waals surface area contributed by atoms with Crippen molar-refractivity contribution in [3.8, 4) is 11.3 Å². The van der Waals surface area contributed by atoms with Crippen LogP contribution in [0, 0.1) is 19.7 Å². The number of halogens is 1. The number of hydrogen-bond acceptors (Lipinski definition) is 4. The topological polar surface area (TPSA) is 63.1 Å². The summed E-state index contributed by atoms with van der Waals surface area (Å²) in [4.78, 5) is 19.5. The number of benzene rings is 1. The van der Waals surface area contributed by atoms with Gasteiger partial charge in [0.05, 0.1) is 17.0 Å². The minimum Gasteiger partial charge on any atom is -0.349 e. The molecule has 168 valence electrons. The Balaban J connectivity index is 1.30. The van der Waals surface area contributed by atoms with Crippen LogP contribution >= 0.6 is 0 Å². The van der Waals surface area contributed by atoms with Gasteiger partial charge in [-0.1, -0.05) is 12.1 Å². The summed E-state index contributed by atoms with van der Waals surface area (Å²) in [6, 6.07) is 9.94. The van der Waals surface area contributed by atoms with E-state index in [2.05, 4.69) is 45.8 Å². The monoisotopic (exact) mass is 435 g/mol. The lowest BCUT2D eigenvalue weighted by Crippen LogP contribution is -2.44. The third-order valence-corrected chi connectivity index (χ3v) is 6.28. The van der Waals surface area contributed by atoms with E-state index in [1.54, 1.807) is 30.5 Å². The summed E-state index contributed by atoms with van der Waals surface area (Å²) in [5.41, 5.74) is 5.53. The van der Waals surface area contributed by atoms with Gasteiger partial charge in [0, 0.05) is 55.2 Å². The largest absolute Gasteiger partial charge is 0.349 e. The summed E-state index contributed by atoms with van der Waals surface area (Å²) in [7, 11) is 0. The molecule has 0 aliphatic carbocycles. The van der Waals surface area contributed by atoms with Crippen molar-refractivity contribution >= 4 is 5.91 Å². The van der Waals surface area contributed by atoms with E-state index in [9.17, 15) is 9.18 Å². The predicted octanol–water partition coefficient (Wildman–Crippen LogP) is 4.12. The number of amides is 1. The third kappa shape index (κ3) is 4.88. The van der Waals surface area contributed by atoms with Gasteiger partial charge in [-0.3, -0.25) is 19.4 Å². The Morgan fingerprint density at radius 1 is 1.19 bits per heavy atom. The van der Waals surface area contributed by atoms with E-state index in [1.807, 2.05) is 0 Å². The van der Waals surface area contributed by atoms with Crippen molar-refractivity contribution in [2.24, 2.45) is 0 Å². The Bertz CT molecular complexity index is 1080. The molecule has 1 aliphatic heterocycles. The fourth-order valence-corrected chi connectivity index (χ4v) is 4.35. The zero-order valence-corrected chi connectivity index (χ0v) is 18.9. The van der Waals surface area contributed by atoms with Crippen LogP contribution in [0.2, 0.25) is 0 Å². The number of hydrogen-bond donors (Lipinski definition) is 1. The van der Waals surface area contributed by atoms with Gasteiger partial charge in [0.15, 0.2) is 0 Å². The number of carbonyl (C=O) groups excluding carboxylic acids is 1. The number of aryl methyl sites for hydroxylation is 2. The minimum atomic E-state index is -0.304. The van der Waals surface area contributed by atoms with Crippen LogP contribution in [0.15, 0.2) is 42.6 Å². The van der Waals surface area contributed by atoms with Crippen molar-refractivity contribution in [1.29, 1.82) is 0 Å². The first-order valence-electron chi connectivity index (χ1n) is 11.2. The number of pyridine rings is 1. The molecule has 6 nitrogen and oxygen atoms in total. The number of carbonyl (C=O) groups is 1. The van der Waals surface area contributed by atoms with E-state index >= 15 is 0 Å². The average molecular weight is 436 g/mol. The highest BCUT2D eigenvalue weighted by atomic mass is 19.1. The molecule has 3 aromatic rings. The third-order valence-electron chi connectivity index (χ3n) is 6.28. The summed E-state index contributed by atoms with van der Waals surface area (Å²) >= 11 is 0. The molecule has 0 spiro atoms. The number of likely N-dealkylation sites (tertiary alicyclic amines) is 1. The van der Waals surface area contributed by atoms with Crippen molar-refractivity contribution in [3.05, 3.63) is 70.9 Å². The molecule has 32 heavy (non-hydrogen) atoms. The van der Waals surface area contributed by atoms with Gasteiger partial charge in [-0.15, -0.1) is 0 Å². The van der Waals surface area contributed by atoms with E-state index in [-0.39, 0.29) is 17.8 Å². The average Bonchev–Trinajstić information content (AvgIpc) is 3.08. The molecule has 1 aromatic carbocycles. The molecule has 1 saturated heterocycles. The van der Waals surface area contributed by atoms with Crippen LogP contribution in [-0.2, 0) is 13.1 Å². The van der Waals surface area contributed by atoms with Gasteiger partial charge in [0.2, 0.25) is 0 Å². The van der Waals surface area contributed by atoms with Gasteiger partial charge in [0.1, 0.15) is 5.82 Å². The molecular formula is C25H30FN5O. The highest BCUT2D eigenvalue weighted by molar-refractivity contribution is 5.94. The SMILES string of the molecule is CCn1nc(C)c(CN2CCC(NC(=O)c3ccc(-c4cccc(F)c4)nc3)CC2)c1C. The highest BCUT2D eigenvalue weighted by Crippen LogP contribution is 2.20. The Morgan fingerprint density at radius 2 is 1.97 bits per heavy atom. The molecule has 0 saturated carbocycles. The Morgan fingerprint density at radius 3 is 2.59 bits per heavy atom. The van der Waals surface area contributed by atoms with Crippen LogP contribution in [0.5, 0.6) is 0 Å². The second kappa shape index (κ2) is 9.61. The van der Waals surface area contributed by atoms with E-state index in [1.165, 1.54) is 23.4 Å². The molecule has 1 amide bonds. The Labute approximate surface area is 188 Å². The fourth-order valence-electron chi connectivity index (χ4n) is 4.35. The van der Waals surface area contributed by atoms with Crippen molar-refractivity contribution in [2.45, 2.75) is 52.7 Å². The molecule has 3 heterocycles. The second-order valence-electron chi connectivity index (χ2n) is 8.43. The van der Waals surface area contributed by atoms with Crippen LogP contribution in [0.25, 0.3) is 11.3 Å². The molecule has 7 heteroatoms. The zero-order chi connectivity index (χ0) is 22.7. The van der Waals surface area contributed by atoms with Crippen molar-refractivity contribution in [2.75, 3.05) is 13.1 Å². The van der Waals surface area contributed by atoms with Gasteiger partial charge < -0.3 is 5.32 Å². The van der Waals surface area contributed by atoms with E-state index in [4.69, 9.17) is 0 Å². The van der Waals surface area contributed by atoms with Crippen molar-refractivity contribution in [1.82, 2.24) is 25.0 Å². The first-order valence-corrected chi connectivity index (χ1v) is 11.2. The molecule has 4 rings (SSSR count). The van der Waals surface area contributed by atoms with Crippen LogP contribution in [0.1, 0.15) is 47.1 Å². The smallest absolute Gasteiger partial charge is 0.253 e. The van der Waals surface area contributed by atoms with E-state index < -0.39 is 0 Å². The second-order valence-corrected chi connectivity index (χ2v) is 8.43. The maximum atomic E-state index is 13.4. The maximum Gasteiger partial charge on any atom is 0.253 e. The van der Waals surface area contributed by atoms with Crippen molar-refractivity contribution < 1.29 is 9.18 Å². The summed E-state index contributed by atoms with van der Waals surface area (Å²) in [5.74, 6) is -0.417. The van der Waals surface area contributed by atoms with Crippen LogP contribution < -0.4 is 5.32 Å². The van der Waals surface area contributed by atoms with E-state index in [0.29, 0.717) is 16.8 Å². The lowest BCUT2D eigenvalue weighted by molar-refractivity contribution is 0.0908. The van der Waals surface area contributed by atoms with Crippen LogP contribution in [-0.4, -0.2) is 44.7 Å². The highest BCUT2D eigenvalue weighted by Gasteiger charge is 2.23. The van der Waals surface area contributed by atoms with E-state index in [0.717, 1.165) is 44.7 Å². The van der Waals surface area contributed by atoms with Gasteiger partial charge >= 0.3 is 0 Å². The molecular weight excluding hydrogens is 405 g/mol. The molecule has 1 N–H and O–H groups in total. The molecule has 0 unspecified atom stereocenters. The van der Waals surface area contributed by atoms with Gasteiger partial charge in [-0.05, 0) is 57.9 Å². The number of nitrogens with zero attached hydrogens (tertiary/aromatic N) is 4. The van der Waals surface area contributed by atoms with Gasteiger partial charge in [-0.25, -0.2) is 4.39 Å².